The normalized spacial score (nSPS) is 18.4. The number of hydrogen-bond donors (Lipinski definition) is 1. The first-order chi connectivity index (χ1) is 8.36. The van der Waals surface area contributed by atoms with Crippen molar-refractivity contribution in [1.82, 2.24) is 0 Å². The maximum atomic E-state index is 9.34. The van der Waals surface area contributed by atoms with E-state index in [4.69, 9.17) is 0 Å². The summed E-state index contributed by atoms with van der Waals surface area (Å²) in [5.74, 6) is 0.370. The topological polar surface area (TPSA) is 20.2 Å². The Bertz CT molecular complexity index is 240. The number of allylic oxidation sites excluding steroid dienone is 3. The van der Waals surface area contributed by atoms with Crippen LogP contribution < -0.4 is 0 Å². The van der Waals surface area contributed by atoms with Crippen molar-refractivity contribution in [2.75, 3.05) is 6.61 Å². The minimum atomic E-state index is 0.301. The molecule has 0 bridgehead atoms. The molecule has 0 spiro atoms. The van der Waals surface area contributed by atoms with Crippen LogP contribution in [0.25, 0.3) is 0 Å². The van der Waals surface area contributed by atoms with E-state index in [-0.39, 0.29) is 0 Å². The molecule has 17 heavy (non-hydrogen) atoms. The number of hydrogen-bond acceptors (Lipinski definition) is 1. The van der Waals surface area contributed by atoms with Crippen LogP contribution in [0.2, 0.25) is 0 Å². The Labute approximate surface area is 107 Å². The molecule has 1 nitrogen and oxygen atoms in total. The molecule has 0 fully saturated rings. The number of aliphatic hydroxyl groups excluding tert-OH is 1. The van der Waals surface area contributed by atoms with Crippen molar-refractivity contribution in [3.63, 3.8) is 0 Å². The lowest BCUT2D eigenvalue weighted by Crippen LogP contribution is -2.02. The summed E-state index contributed by atoms with van der Waals surface area (Å²) in [5, 5.41) is 9.34. The van der Waals surface area contributed by atoms with Crippen molar-refractivity contribution >= 4 is 0 Å². The van der Waals surface area contributed by atoms with Crippen LogP contribution >= 0.6 is 0 Å². The average Bonchev–Trinajstić information content (AvgIpc) is 2.39. The Balaban J connectivity index is 2.24. The van der Waals surface area contributed by atoms with Crippen LogP contribution in [0, 0.1) is 5.92 Å². The zero-order valence-corrected chi connectivity index (χ0v) is 11.3. The predicted octanol–water partition coefficient (Wildman–Crippen LogP) is 4.62. The number of unbranched alkanes of at least 4 members (excludes halogenated alkanes) is 3. The van der Waals surface area contributed by atoms with Crippen molar-refractivity contribution in [1.29, 1.82) is 0 Å². The lowest BCUT2D eigenvalue weighted by Gasteiger charge is -2.11. The van der Waals surface area contributed by atoms with Gasteiger partial charge in [-0.2, -0.15) is 0 Å². The lowest BCUT2D eigenvalue weighted by molar-refractivity contribution is 0.243. The maximum absolute atomic E-state index is 9.34. The zero-order valence-electron chi connectivity index (χ0n) is 11.3. The summed E-state index contributed by atoms with van der Waals surface area (Å²) in [7, 11) is 0. The van der Waals surface area contributed by atoms with E-state index in [2.05, 4.69) is 25.2 Å². The van der Waals surface area contributed by atoms with Crippen molar-refractivity contribution in [2.24, 2.45) is 5.92 Å². The van der Waals surface area contributed by atoms with E-state index in [0.717, 1.165) is 6.42 Å². The Hall–Kier alpha value is -0.560. The molecular formula is C16H28O. The smallest absolute Gasteiger partial charge is 0.0493 e. The van der Waals surface area contributed by atoms with E-state index in [1.807, 2.05) is 0 Å². The minimum absolute atomic E-state index is 0.301. The quantitative estimate of drug-likeness (QED) is 0.610. The molecule has 1 heteroatoms. The highest BCUT2D eigenvalue weighted by Gasteiger charge is 2.04. The molecule has 0 aliphatic heterocycles. The summed E-state index contributed by atoms with van der Waals surface area (Å²) < 4.78 is 0. The largest absolute Gasteiger partial charge is 0.396 e. The third-order valence-electron chi connectivity index (χ3n) is 3.57. The SMILES string of the molecule is CCCCCC[C@H](/C=C/C1=CCCCC1)CO. The lowest BCUT2D eigenvalue weighted by atomic mass is 9.96. The van der Waals surface area contributed by atoms with E-state index >= 15 is 0 Å². The van der Waals surface area contributed by atoms with Crippen LogP contribution in [0.1, 0.15) is 64.7 Å². The van der Waals surface area contributed by atoms with E-state index in [1.165, 1.54) is 56.9 Å². The van der Waals surface area contributed by atoms with Crippen molar-refractivity contribution in [3.8, 4) is 0 Å². The van der Waals surface area contributed by atoms with Gasteiger partial charge in [-0.25, -0.2) is 0 Å². The van der Waals surface area contributed by atoms with Gasteiger partial charge in [0, 0.05) is 12.5 Å². The van der Waals surface area contributed by atoms with Gasteiger partial charge >= 0.3 is 0 Å². The van der Waals surface area contributed by atoms with Gasteiger partial charge in [0.1, 0.15) is 0 Å². The summed E-state index contributed by atoms with van der Waals surface area (Å²) in [6.07, 6.45) is 18.3. The molecule has 0 amide bonds. The molecule has 0 saturated heterocycles. The standard InChI is InChI=1S/C16H28O/c1-2-3-4-6-11-16(14-17)13-12-15-9-7-5-8-10-15/h9,12-13,16-17H,2-8,10-11,14H2,1H3/b13-12+/t16-/m1/s1. The van der Waals surface area contributed by atoms with E-state index in [0.29, 0.717) is 12.5 Å². The van der Waals surface area contributed by atoms with E-state index in [1.54, 1.807) is 0 Å². The third-order valence-corrected chi connectivity index (χ3v) is 3.57. The second-order valence-corrected chi connectivity index (χ2v) is 5.18. The van der Waals surface area contributed by atoms with Crippen LogP contribution in [0.5, 0.6) is 0 Å². The summed E-state index contributed by atoms with van der Waals surface area (Å²) in [6.45, 7) is 2.54. The second kappa shape index (κ2) is 9.47. The van der Waals surface area contributed by atoms with Gasteiger partial charge < -0.3 is 5.11 Å². The Morgan fingerprint density at radius 2 is 2.18 bits per heavy atom. The number of rotatable bonds is 8. The highest BCUT2D eigenvalue weighted by molar-refractivity contribution is 5.20. The number of aliphatic hydroxyl groups is 1. The Morgan fingerprint density at radius 3 is 2.82 bits per heavy atom. The van der Waals surface area contributed by atoms with Gasteiger partial charge in [-0.1, -0.05) is 56.4 Å². The fourth-order valence-corrected chi connectivity index (χ4v) is 2.36. The van der Waals surface area contributed by atoms with Crippen LogP contribution in [-0.2, 0) is 0 Å². The van der Waals surface area contributed by atoms with Gasteiger partial charge in [0.2, 0.25) is 0 Å². The molecule has 98 valence electrons. The van der Waals surface area contributed by atoms with Crippen molar-refractivity contribution in [2.45, 2.75) is 64.7 Å². The molecule has 0 aromatic heterocycles. The van der Waals surface area contributed by atoms with Crippen LogP contribution in [0.4, 0.5) is 0 Å². The molecule has 0 radical (unpaired) electrons. The van der Waals surface area contributed by atoms with Gasteiger partial charge in [0.05, 0.1) is 0 Å². The first-order valence-corrected chi connectivity index (χ1v) is 7.35. The van der Waals surface area contributed by atoms with Gasteiger partial charge in [-0.3, -0.25) is 0 Å². The van der Waals surface area contributed by atoms with Crippen LogP contribution in [0.15, 0.2) is 23.8 Å². The third kappa shape index (κ3) is 6.68. The molecule has 0 aromatic carbocycles. The fraction of sp³-hybridized carbons (Fsp3) is 0.750. The fourth-order valence-electron chi connectivity index (χ4n) is 2.36. The minimum Gasteiger partial charge on any atom is -0.396 e. The average molecular weight is 236 g/mol. The van der Waals surface area contributed by atoms with Gasteiger partial charge in [0.15, 0.2) is 0 Å². The van der Waals surface area contributed by atoms with Crippen molar-refractivity contribution < 1.29 is 5.11 Å². The van der Waals surface area contributed by atoms with Gasteiger partial charge in [-0.05, 0) is 32.1 Å². The Morgan fingerprint density at radius 1 is 1.29 bits per heavy atom. The first kappa shape index (κ1) is 14.5. The van der Waals surface area contributed by atoms with Crippen LogP contribution in [0.3, 0.4) is 0 Å². The molecule has 1 rings (SSSR count). The summed E-state index contributed by atoms with van der Waals surface area (Å²) >= 11 is 0. The second-order valence-electron chi connectivity index (χ2n) is 5.18. The highest BCUT2D eigenvalue weighted by Crippen LogP contribution is 2.20. The molecule has 1 N–H and O–H groups in total. The Kier molecular flexibility index (Phi) is 8.08. The molecule has 1 aliphatic carbocycles. The molecule has 0 heterocycles. The van der Waals surface area contributed by atoms with Gasteiger partial charge in [-0.15, -0.1) is 0 Å². The van der Waals surface area contributed by atoms with Crippen LogP contribution in [-0.4, -0.2) is 11.7 Å². The van der Waals surface area contributed by atoms with Gasteiger partial charge in [0.25, 0.3) is 0 Å². The molecular weight excluding hydrogens is 208 g/mol. The van der Waals surface area contributed by atoms with Crippen molar-refractivity contribution in [3.05, 3.63) is 23.8 Å². The molecule has 0 saturated carbocycles. The first-order valence-electron chi connectivity index (χ1n) is 7.35. The molecule has 0 aromatic rings. The monoisotopic (exact) mass is 236 g/mol. The highest BCUT2D eigenvalue weighted by atomic mass is 16.3. The molecule has 1 atom stereocenters. The molecule has 0 unspecified atom stereocenters. The maximum Gasteiger partial charge on any atom is 0.0493 e. The van der Waals surface area contributed by atoms with E-state index in [9.17, 15) is 5.11 Å². The summed E-state index contributed by atoms with van der Waals surface area (Å²) in [6, 6.07) is 0. The summed E-state index contributed by atoms with van der Waals surface area (Å²) in [4.78, 5) is 0. The zero-order chi connectivity index (χ0) is 12.3. The predicted molar refractivity (Wildman–Crippen MR) is 75.0 cm³/mol. The molecule has 1 aliphatic rings. The van der Waals surface area contributed by atoms with E-state index < -0.39 is 0 Å². The summed E-state index contributed by atoms with van der Waals surface area (Å²) in [5.41, 5.74) is 1.48.